The molecular weight excluding hydrogens is 134 g/mol. The van der Waals surface area contributed by atoms with Crippen molar-refractivity contribution in [2.75, 3.05) is 0 Å². The second kappa shape index (κ2) is 2.36. The summed E-state index contributed by atoms with van der Waals surface area (Å²) in [5.74, 6) is 0. The summed E-state index contributed by atoms with van der Waals surface area (Å²) < 4.78 is 1.87. The van der Waals surface area contributed by atoms with E-state index in [1.807, 2.05) is 36.9 Å². The SMILES string of the molecule is Cc1cc[n+](C)c(Cl)c1. The van der Waals surface area contributed by atoms with Gasteiger partial charge in [-0.05, 0) is 24.1 Å². The third kappa shape index (κ3) is 1.42. The lowest BCUT2D eigenvalue weighted by atomic mass is 10.3. The van der Waals surface area contributed by atoms with Crippen LogP contribution in [0.15, 0.2) is 18.3 Å². The molecule has 1 rings (SSSR count). The smallest absolute Gasteiger partial charge is 0.191 e. The van der Waals surface area contributed by atoms with Crippen LogP contribution < -0.4 is 4.57 Å². The highest BCUT2D eigenvalue weighted by molar-refractivity contribution is 6.28. The number of aromatic nitrogens is 1. The second-order valence-corrected chi connectivity index (χ2v) is 2.52. The fraction of sp³-hybridized carbons (Fsp3) is 0.286. The van der Waals surface area contributed by atoms with E-state index in [0.717, 1.165) is 5.15 Å². The topological polar surface area (TPSA) is 3.88 Å². The van der Waals surface area contributed by atoms with Gasteiger partial charge in [-0.2, -0.15) is 4.57 Å². The van der Waals surface area contributed by atoms with Gasteiger partial charge in [0.25, 0.3) is 5.15 Å². The Balaban J connectivity index is 3.17. The molecule has 0 aliphatic carbocycles. The van der Waals surface area contributed by atoms with Crippen molar-refractivity contribution in [2.45, 2.75) is 6.92 Å². The molecule has 1 nitrogen and oxygen atoms in total. The van der Waals surface area contributed by atoms with E-state index in [1.54, 1.807) is 0 Å². The van der Waals surface area contributed by atoms with Crippen molar-refractivity contribution >= 4 is 11.6 Å². The number of pyridine rings is 1. The average molecular weight is 143 g/mol. The number of aryl methyl sites for hydroxylation is 2. The molecule has 1 aromatic heterocycles. The fourth-order valence-electron chi connectivity index (χ4n) is 0.638. The normalized spacial score (nSPS) is 9.67. The van der Waals surface area contributed by atoms with E-state index in [1.165, 1.54) is 5.56 Å². The molecule has 0 aliphatic heterocycles. The first kappa shape index (κ1) is 6.56. The first-order valence-electron chi connectivity index (χ1n) is 2.82. The molecule has 1 aromatic rings. The highest BCUT2D eigenvalue weighted by Crippen LogP contribution is 2.02. The van der Waals surface area contributed by atoms with Gasteiger partial charge in [-0.25, -0.2) is 0 Å². The average Bonchev–Trinajstić information content (AvgIpc) is 1.80. The number of hydrogen-bond donors (Lipinski definition) is 0. The zero-order valence-corrected chi connectivity index (χ0v) is 6.31. The van der Waals surface area contributed by atoms with Crippen molar-refractivity contribution in [1.29, 1.82) is 0 Å². The van der Waals surface area contributed by atoms with Crippen molar-refractivity contribution in [1.82, 2.24) is 0 Å². The molecular formula is C7H9ClN+. The number of hydrogen-bond acceptors (Lipinski definition) is 0. The van der Waals surface area contributed by atoms with Crippen LogP contribution in [0, 0.1) is 6.92 Å². The molecule has 0 saturated heterocycles. The highest BCUT2D eigenvalue weighted by atomic mass is 35.5. The van der Waals surface area contributed by atoms with E-state index in [2.05, 4.69) is 0 Å². The van der Waals surface area contributed by atoms with Crippen molar-refractivity contribution < 1.29 is 4.57 Å². The van der Waals surface area contributed by atoms with Gasteiger partial charge in [0.05, 0.1) is 0 Å². The first-order chi connectivity index (χ1) is 4.20. The summed E-state index contributed by atoms with van der Waals surface area (Å²) in [7, 11) is 1.92. The van der Waals surface area contributed by atoms with Crippen molar-refractivity contribution in [2.24, 2.45) is 7.05 Å². The van der Waals surface area contributed by atoms with Crippen LogP contribution in [0.2, 0.25) is 5.15 Å². The van der Waals surface area contributed by atoms with Gasteiger partial charge in [-0.15, -0.1) is 0 Å². The largest absolute Gasteiger partial charge is 0.274 e. The summed E-state index contributed by atoms with van der Waals surface area (Å²) >= 11 is 5.78. The molecule has 0 radical (unpaired) electrons. The van der Waals surface area contributed by atoms with Gasteiger partial charge in [-0.3, -0.25) is 0 Å². The van der Waals surface area contributed by atoms with E-state index in [-0.39, 0.29) is 0 Å². The van der Waals surface area contributed by atoms with Gasteiger partial charge in [0.2, 0.25) is 0 Å². The molecule has 0 N–H and O–H groups in total. The molecule has 0 amide bonds. The first-order valence-corrected chi connectivity index (χ1v) is 3.20. The van der Waals surface area contributed by atoms with Gasteiger partial charge >= 0.3 is 0 Å². The van der Waals surface area contributed by atoms with Crippen LogP contribution >= 0.6 is 11.6 Å². The summed E-state index contributed by atoms with van der Waals surface area (Å²) in [4.78, 5) is 0. The predicted molar refractivity (Wildman–Crippen MR) is 37.4 cm³/mol. The lowest BCUT2D eigenvalue weighted by Gasteiger charge is -1.90. The van der Waals surface area contributed by atoms with E-state index in [4.69, 9.17) is 11.6 Å². The maximum atomic E-state index is 5.78. The molecule has 0 fully saturated rings. The van der Waals surface area contributed by atoms with E-state index in [0.29, 0.717) is 0 Å². The Morgan fingerprint density at radius 1 is 1.56 bits per heavy atom. The molecule has 9 heavy (non-hydrogen) atoms. The summed E-state index contributed by atoms with van der Waals surface area (Å²) in [6, 6.07) is 3.95. The fourth-order valence-corrected chi connectivity index (χ4v) is 0.867. The molecule has 0 bridgehead atoms. The van der Waals surface area contributed by atoms with Crippen LogP contribution in [0.25, 0.3) is 0 Å². The number of halogens is 1. The van der Waals surface area contributed by atoms with Gasteiger partial charge < -0.3 is 0 Å². The van der Waals surface area contributed by atoms with Crippen LogP contribution in [0.3, 0.4) is 0 Å². The van der Waals surface area contributed by atoms with Gasteiger partial charge in [0.15, 0.2) is 6.20 Å². The molecule has 0 unspecified atom stereocenters. The Kier molecular flexibility index (Phi) is 1.72. The van der Waals surface area contributed by atoms with Crippen LogP contribution in [-0.4, -0.2) is 0 Å². The Morgan fingerprint density at radius 2 is 2.22 bits per heavy atom. The van der Waals surface area contributed by atoms with E-state index >= 15 is 0 Å². The number of nitrogens with zero attached hydrogens (tertiary/aromatic N) is 1. The van der Waals surface area contributed by atoms with Crippen LogP contribution in [0.1, 0.15) is 5.56 Å². The maximum Gasteiger partial charge on any atom is 0.274 e. The lowest BCUT2D eigenvalue weighted by molar-refractivity contribution is -0.669. The molecule has 0 saturated carbocycles. The van der Waals surface area contributed by atoms with Crippen LogP contribution in [-0.2, 0) is 7.05 Å². The van der Waals surface area contributed by atoms with Crippen molar-refractivity contribution in [3.8, 4) is 0 Å². The monoisotopic (exact) mass is 142 g/mol. The molecule has 1 heterocycles. The summed E-state index contributed by atoms with van der Waals surface area (Å²) in [6.45, 7) is 2.02. The summed E-state index contributed by atoms with van der Waals surface area (Å²) in [6.07, 6.45) is 1.94. The highest BCUT2D eigenvalue weighted by Gasteiger charge is 1.99. The van der Waals surface area contributed by atoms with E-state index < -0.39 is 0 Å². The minimum atomic E-state index is 0.773. The van der Waals surface area contributed by atoms with Gasteiger partial charge in [-0.1, -0.05) is 0 Å². The molecule has 2 heteroatoms. The second-order valence-electron chi connectivity index (χ2n) is 2.14. The Hall–Kier alpha value is -0.560. The quantitative estimate of drug-likeness (QED) is 0.382. The summed E-state index contributed by atoms with van der Waals surface area (Å²) in [5.41, 5.74) is 1.19. The maximum absolute atomic E-state index is 5.78. The Labute approximate surface area is 59.9 Å². The van der Waals surface area contributed by atoms with Crippen LogP contribution in [0.4, 0.5) is 0 Å². The Bertz CT molecular complexity index is 220. The molecule has 0 aliphatic rings. The number of rotatable bonds is 0. The molecule has 48 valence electrons. The van der Waals surface area contributed by atoms with Gasteiger partial charge in [0, 0.05) is 12.1 Å². The zero-order chi connectivity index (χ0) is 6.85. The minimum absolute atomic E-state index is 0.773. The zero-order valence-electron chi connectivity index (χ0n) is 5.56. The molecule has 0 atom stereocenters. The predicted octanol–water partition coefficient (Wildman–Crippen LogP) is 1.47. The Morgan fingerprint density at radius 3 is 2.67 bits per heavy atom. The molecule has 0 spiro atoms. The van der Waals surface area contributed by atoms with Gasteiger partial charge in [0.1, 0.15) is 7.05 Å². The van der Waals surface area contributed by atoms with E-state index in [9.17, 15) is 0 Å². The van der Waals surface area contributed by atoms with Crippen molar-refractivity contribution in [3.63, 3.8) is 0 Å². The lowest BCUT2D eigenvalue weighted by Crippen LogP contribution is -2.28. The standard InChI is InChI=1S/C7H9ClN/c1-6-3-4-9(2)7(8)5-6/h3-5H,1-2H3/q+1. The third-order valence-corrected chi connectivity index (χ3v) is 1.62. The molecule has 0 aromatic carbocycles. The third-order valence-electron chi connectivity index (χ3n) is 1.24. The van der Waals surface area contributed by atoms with Crippen LogP contribution in [0.5, 0.6) is 0 Å². The summed E-state index contributed by atoms with van der Waals surface area (Å²) in [5, 5.41) is 0.773. The van der Waals surface area contributed by atoms with Crippen molar-refractivity contribution in [3.05, 3.63) is 29.0 Å². The minimum Gasteiger partial charge on any atom is -0.191 e.